The van der Waals surface area contributed by atoms with Crippen LogP contribution in [0.15, 0.2) is 22.8 Å². The maximum atomic E-state index is 11.8. The molecule has 1 heterocycles. The van der Waals surface area contributed by atoms with Crippen LogP contribution in [-0.2, 0) is 0 Å². The highest BCUT2D eigenvalue weighted by Gasteiger charge is 2.10. The van der Waals surface area contributed by atoms with Gasteiger partial charge in [-0.25, -0.2) is 4.98 Å². The van der Waals surface area contributed by atoms with Gasteiger partial charge in [0.25, 0.3) is 5.91 Å². The maximum absolute atomic E-state index is 11.8. The van der Waals surface area contributed by atoms with Crippen molar-refractivity contribution in [2.75, 3.05) is 0 Å². The molecule has 1 atom stereocenters. The monoisotopic (exact) mass is 298 g/mol. The van der Waals surface area contributed by atoms with Crippen LogP contribution in [0, 0.1) is 0 Å². The molecule has 1 rings (SSSR count). The fourth-order valence-electron chi connectivity index (χ4n) is 1.61. The summed E-state index contributed by atoms with van der Waals surface area (Å²) >= 11 is 3.26. The molecular formula is C13H19BrN2O. The average Bonchev–Trinajstić information content (AvgIpc) is 2.29. The van der Waals surface area contributed by atoms with E-state index in [1.807, 2.05) is 19.1 Å². The van der Waals surface area contributed by atoms with Gasteiger partial charge in [0.15, 0.2) is 0 Å². The van der Waals surface area contributed by atoms with E-state index in [9.17, 15) is 4.79 Å². The van der Waals surface area contributed by atoms with Crippen molar-refractivity contribution in [2.24, 2.45) is 0 Å². The summed E-state index contributed by atoms with van der Waals surface area (Å²) in [7, 11) is 0. The minimum atomic E-state index is -0.102. The van der Waals surface area contributed by atoms with Crippen molar-refractivity contribution in [3.8, 4) is 0 Å². The van der Waals surface area contributed by atoms with Crippen molar-refractivity contribution in [2.45, 2.75) is 45.6 Å². The van der Waals surface area contributed by atoms with Crippen LogP contribution in [0.2, 0.25) is 0 Å². The lowest BCUT2D eigenvalue weighted by molar-refractivity contribution is 0.0932. The molecule has 17 heavy (non-hydrogen) atoms. The summed E-state index contributed by atoms with van der Waals surface area (Å²) in [5.41, 5.74) is 0.460. The first-order chi connectivity index (χ1) is 8.13. The van der Waals surface area contributed by atoms with Crippen molar-refractivity contribution >= 4 is 21.8 Å². The molecule has 3 nitrogen and oxygen atoms in total. The Morgan fingerprint density at radius 1 is 1.47 bits per heavy atom. The van der Waals surface area contributed by atoms with E-state index in [0.717, 1.165) is 12.8 Å². The third-order valence-corrected chi connectivity index (χ3v) is 3.01. The van der Waals surface area contributed by atoms with E-state index in [2.05, 4.69) is 33.2 Å². The molecule has 94 valence electrons. The number of amides is 1. The number of carbonyl (C=O) groups is 1. The Bertz CT molecular complexity index is 368. The predicted molar refractivity (Wildman–Crippen MR) is 73.0 cm³/mol. The summed E-state index contributed by atoms with van der Waals surface area (Å²) in [6.45, 7) is 4.21. The van der Waals surface area contributed by atoms with Gasteiger partial charge in [0.05, 0.1) is 0 Å². The lowest BCUT2D eigenvalue weighted by Gasteiger charge is -2.13. The van der Waals surface area contributed by atoms with Crippen LogP contribution < -0.4 is 5.32 Å². The van der Waals surface area contributed by atoms with Gasteiger partial charge < -0.3 is 5.32 Å². The van der Waals surface area contributed by atoms with E-state index in [4.69, 9.17) is 0 Å². The fourth-order valence-corrected chi connectivity index (χ4v) is 1.95. The molecule has 0 aliphatic heterocycles. The number of nitrogens with zero attached hydrogens (tertiary/aromatic N) is 1. The summed E-state index contributed by atoms with van der Waals surface area (Å²) in [5, 5.41) is 2.96. The molecule has 0 aliphatic carbocycles. The summed E-state index contributed by atoms with van der Waals surface area (Å²) in [5.74, 6) is -0.102. The molecule has 1 aromatic rings. The van der Waals surface area contributed by atoms with E-state index in [-0.39, 0.29) is 11.9 Å². The van der Waals surface area contributed by atoms with Gasteiger partial charge in [-0.1, -0.05) is 32.3 Å². The molecule has 0 aliphatic rings. The Morgan fingerprint density at radius 3 is 2.88 bits per heavy atom. The standard InChI is InChI=1S/C13H19BrN2O/c1-3-4-5-7-10(2)15-13(17)11-8-6-9-12(14)16-11/h6,8-10H,3-5,7H2,1-2H3,(H,15,17). The summed E-state index contributed by atoms with van der Waals surface area (Å²) in [4.78, 5) is 16.0. The zero-order chi connectivity index (χ0) is 12.7. The summed E-state index contributed by atoms with van der Waals surface area (Å²) in [6.07, 6.45) is 4.60. The number of carbonyl (C=O) groups excluding carboxylic acids is 1. The third kappa shape index (κ3) is 5.31. The van der Waals surface area contributed by atoms with Crippen LogP contribution in [0.3, 0.4) is 0 Å². The van der Waals surface area contributed by atoms with Crippen LogP contribution in [0.5, 0.6) is 0 Å². The highest BCUT2D eigenvalue weighted by molar-refractivity contribution is 9.10. The minimum Gasteiger partial charge on any atom is -0.348 e. The summed E-state index contributed by atoms with van der Waals surface area (Å²) in [6, 6.07) is 5.54. The Hall–Kier alpha value is -0.900. The Kier molecular flexibility index (Phi) is 6.19. The maximum Gasteiger partial charge on any atom is 0.270 e. The summed E-state index contributed by atoms with van der Waals surface area (Å²) < 4.78 is 0.684. The number of unbranched alkanes of at least 4 members (excludes halogenated alkanes) is 2. The van der Waals surface area contributed by atoms with Crippen LogP contribution in [0.25, 0.3) is 0 Å². The second-order valence-corrected chi connectivity index (χ2v) is 5.03. The highest BCUT2D eigenvalue weighted by Crippen LogP contribution is 2.07. The smallest absolute Gasteiger partial charge is 0.270 e. The first kappa shape index (κ1) is 14.2. The van der Waals surface area contributed by atoms with Crippen molar-refractivity contribution < 1.29 is 4.79 Å². The van der Waals surface area contributed by atoms with Crippen LogP contribution >= 0.6 is 15.9 Å². The topological polar surface area (TPSA) is 42.0 Å². The predicted octanol–water partition coefficient (Wildman–Crippen LogP) is 3.54. The minimum absolute atomic E-state index is 0.102. The quantitative estimate of drug-likeness (QED) is 0.645. The van der Waals surface area contributed by atoms with Gasteiger partial charge in [0.1, 0.15) is 10.3 Å². The second kappa shape index (κ2) is 7.43. The number of rotatable bonds is 6. The van der Waals surface area contributed by atoms with Crippen LogP contribution in [0.4, 0.5) is 0 Å². The normalized spacial score (nSPS) is 12.2. The Balaban J connectivity index is 2.43. The van der Waals surface area contributed by atoms with E-state index in [0.29, 0.717) is 10.3 Å². The molecule has 1 aromatic heterocycles. The molecule has 0 saturated carbocycles. The van der Waals surface area contributed by atoms with Gasteiger partial charge >= 0.3 is 0 Å². The first-order valence-electron chi connectivity index (χ1n) is 6.07. The van der Waals surface area contributed by atoms with Gasteiger partial charge in [-0.15, -0.1) is 0 Å². The van der Waals surface area contributed by atoms with Crippen molar-refractivity contribution in [1.82, 2.24) is 10.3 Å². The molecule has 0 fully saturated rings. The van der Waals surface area contributed by atoms with Gasteiger partial charge in [0.2, 0.25) is 0 Å². The first-order valence-corrected chi connectivity index (χ1v) is 6.86. The number of halogens is 1. The molecule has 0 aromatic carbocycles. The molecule has 0 saturated heterocycles. The fraction of sp³-hybridized carbons (Fsp3) is 0.538. The number of hydrogen-bond donors (Lipinski definition) is 1. The lowest BCUT2D eigenvalue weighted by atomic mass is 10.1. The second-order valence-electron chi connectivity index (χ2n) is 4.22. The van der Waals surface area contributed by atoms with Crippen molar-refractivity contribution in [3.05, 3.63) is 28.5 Å². The molecule has 4 heteroatoms. The highest BCUT2D eigenvalue weighted by atomic mass is 79.9. The van der Waals surface area contributed by atoms with Crippen molar-refractivity contribution in [1.29, 1.82) is 0 Å². The number of aromatic nitrogens is 1. The van der Waals surface area contributed by atoms with E-state index >= 15 is 0 Å². The average molecular weight is 299 g/mol. The van der Waals surface area contributed by atoms with Gasteiger partial charge in [-0.3, -0.25) is 4.79 Å². The van der Waals surface area contributed by atoms with E-state index in [1.165, 1.54) is 12.8 Å². The van der Waals surface area contributed by atoms with Crippen LogP contribution in [-0.4, -0.2) is 16.9 Å². The molecule has 0 radical (unpaired) electrons. The van der Waals surface area contributed by atoms with Gasteiger partial charge in [-0.2, -0.15) is 0 Å². The molecule has 1 amide bonds. The van der Waals surface area contributed by atoms with Gasteiger partial charge in [0, 0.05) is 6.04 Å². The molecule has 1 N–H and O–H groups in total. The largest absolute Gasteiger partial charge is 0.348 e. The molecule has 1 unspecified atom stereocenters. The molecular weight excluding hydrogens is 280 g/mol. The Labute approximate surface area is 111 Å². The molecule has 0 bridgehead atoms. The number of nitrogens with one attached hydrogen (secondary N) is 1. The number of hydrogen-bond acceptors (Lipinski definition) is 2. The zero-order valence-electron chi connectivity index (χ0n) is 10.4. The van der Waals surface area contributed by atoms with Crippen molar-refractivity contribution in [3.63, 3.8) is 0 Å². The third-order valence-electron chi connectivity index (χ3n) is 2.57. The van der Waals surface area contributed by atoms with E-state index in [1.54, 1.807) is 6.07 Å². The lowest BCUT2D eigenvalue weighted by Crippen LogP contribution is -2.33. The van der Waals surface area contributed by atoms with Gasteiger partial charge in [-0.05, 0) is 41.4 Å². The SMILES string of the molecule is CCCCCC(C)NC(=O)c1cccc(Br)n1. The Morgan fingerprint density at radius 2 is 2.24 bits per heavy atom. The van der Waals surface area contributed by atoms with Crippen LogP contribution in [0.1, 0.15) is 50.0 Å². The number of pyridine rings is 1. The van der Waals surface area contributed by atoms with E-state index < -0.39 is 0 Å². The zero-order valence-corrected chi connectivity index (χ0v) is 12.0. The molecule has 0 spiro atoms.